The molecular weight excluding hydrogens is 262 g/mol. The van der Waals surface area contributed by atoms with Gasteiger partial charge in [-0.15, -0.1) is 0 Å². The molecule has 1 atom stereocenters. The Morgan fingerprint density at radius 3 is 2.47 bits per heavy atom. The Labute approximate surface area is 114 Å². The smallest absolute Gasteiger partial charge is 0.240 e. The number of hydrogen-bond donors (Lipinski definition) is 2. The Bertz CT molecular complexity index is 506. The Morgan fingerprint density at radius 1 is 1.32 bits per heavy atom. The summed E-state index contributed by atoms with van der Waals surface area (Å²) in [7, 11) is -3.38. The molecule has 0 saturated heterocycles. The molecule has 2 N–H and O–H groups in total. The molecule has 0 aromatic heterocycles. The number of rotatable bonds is 7. The first-order valence-corrected chi connectivity index (χ1v) is 8.28. The first-order valence-electron chi connectivity index (χ1n) is 6.79. The summed E-state index contributed by atoms with van der Waals surface area (Å²) in [6.07, 6.45) is 3.29. The lowest BCUT2D eigenvalue weighted by atomic mass is 10.1. The predicted molar refractivity (Wildman–Crippen MR) is 74.4 cm³/mol. The van der Waals surface area contributed by atoms with E-state index in [1.165, 1.54) is 0 Å². The molecule has 0 spiro atoms. The lowest BCUT2D eigenvalue weighted by Gasteiger charge is -2.10. The second kappa shape index (κ2) is 6.03. The normalized spacial score (nSPS) is 17.4. The van der Waals surface area contributed by atoms with Gasteiger partial charge in [-0.3, -0.25) is 0 Å². The van der Waals surface area contributed by atoms with Crippen molar-refractivity contribution in [3.63, 3.8) is 0 Å². The molecule has 1 aliphatic rings. The van der Waals surface area contributed by atoms with E-state index in [-0.39, 0.29) is 11.0 Å². The molecule has 19 heavy (non-hydrogen) atoms. The van der Waals surface area contributed by atoms with Crippen molar-refractivity contribution in [1.29, 1.82) is 0 Å². The van der Waals surface area contributed by atoms with Crippen LogP contribution in [0.5, 0.6) is 0 Å². The van der Waals surface area contributed by atoms with Crippen LogP contribution in [0, 0.1) is 5.92 Å². The lowest BCUT2D eigenvalue weighted by molar-refractivity contribution is 0.151. The van der Waals surface area contributed by atoms with E-state index in [1.807, 2.05) is 6.92 Å². The monoisotopic (exact) mass is 283 g/mol. The number of benzene rings is 1. The molecule has 1 unspecified atom stereocenters. The zero-order chi connectivity index (χ0) is 13.9. The molecule has 0 heterocycles. The third kappa shape index (κ3) is 4.03. The van der Waals surface area contributed by atoms with Gasteiger partial charge < -0.3 is 5.11 Å². The van der Waals surface area contributed by atoms with Crippen molar-refractivity contribution in [3.8, 4) is 0 Å². The van der Waals surface area contributed by atoms with Gasteiger partial charge >= 0.3 is 0 Å². The van der Waals surface area contributed by atoms with Crippen molar-refractivity contribution in [2.45, 2.75) is 43.6 Å². The van der Waals surface area contributed by atoms with Crippen LogP contribution in [0.4, 0.5) is 0 Å². The average molecular weight is 283 g/mol. The molecule has 4 nitrogen and oxygen atoms in total. The maximum absolute atomic E-state index is 11.9. The summed E-state index contributed by atoms with van der Waals surface area (Å²) in [6, 6.07) is 6.78. The quantitative estimate of drug-likeness (QED) is 0.800. The molecule has 1 aromatic carbocycles. The largest absolute Gasteiger partial charge is 0.392 e. The van der Waals surface area contributed by atoms with Crippen LogP contribution in [-0.4, -0.2) is 26.2 Å². The molecule has 1 aromatic rings. The first kappa shape index (κ1) is 14.5. The average Bonchev–Trinajstić information content (AvgIpc) is 3.21. The van der Waals surface area contributed by atoms with Crippen molar-refractivity contribution in [2.24, 2.45) is 5.92 Å². The van der Waals surface area contributed by atoms with Crippen LogP contribution in [0.15, 0.2) is 29.2 Å². The van der Waals surface area contributed by atoms with E-state index in [0.29, 0.717) is 18.9 Å². The van der Waals surface area contributed by atoms with Crippen LogP contribution in [-0.2, 0) is 16.4 Å². The summed E-state index contributed by atoms with van der Waals surface area (Å²) in [6.45, 7) is 2.37. The van der Waals surface area contributed by atoms with E-state index in [4.69, 9.17) is 0 Å². The molecule has 1 aliphatic carbocycles. The molecule has 106 valence electrons. The summed E-state index contributed by atoms with van der Waals surface area (Å²) in [5.41, 5.74) is 0.980. The second-order valence-corrected chi connectivity index (χ2v) is 6.92. The van der Waals surface area contributed by atoms with Gasteiger partial charge in [0, 0.05) is 6.54 Å². The summed E-state index contributed by atoms with van der Waals surface area (Å²) in [4.78, 5) is 0.283. The zero-order valence-electron chi connectivity index (χ0n) is 11.2. The van der Waals surface area contributed by atoms with E-state index in [1.54, 1.807) is 24.3 Å². The van der Waals surface area contributed by atoms with Crippen LogP contribution in [0.2, 0.25) is 0 Å². The van der Waals surface area contributed by atoms with Gasteiger partial charge in [-0.05, 0) is 49.3 Å². The minimum atomic E-state index is -3.38. The van der Waals surface area contributed by atoms with Gasteiger partial charge in [0.15, 0.2) is 0 Å². The highest BCUT2D eigenvalue weighted by atomic mass is 32.2. The van der Waals surface area contributed by atoms with Gasteiger partial charge in [-0.25, -0.2) is 13.1 Å². The van der Waals surface area contributed by atoms with Crippen molar-refractivity contribution < 1.29 is 13.5 Å². The minimum Gasteiger partial charge on any atom is -0.392 e. The summed E-state index contributed by atoms with van der Waals surface area (Å²) < 4.78 is 26.3. The minimum absolute atomic E-state index is 0.283. The fraction of sp³-hybridized carbons (Fsp3) is 0.571. The number of hydrogen-bond acceptors (Lipinski definition) is 3. The Kier molecular flexibility index (Phi) is 4.60. The van der Waals surface area contributed by atoms with Crippen LogP contribution in [0.25, 0.3) is 0 Å². The number of aliphatic hydroxyl groups is 1. The molecular formula is C14H21NO3S. The first-order chi connectivity index (χ1) is 9.03. The van der Waals surface area contributed by atoms with Gasteiger partial charge in [-0.2, -0.15) is 0 Å². The lowest BCUT2D eigenvalue weighted by Crippen LogP contribution is -2.24. The Balaban J connectivity index is 2.01. The summed E-state index contributed by atoms with van der Waals surface area (Å²) in [5.74, 6) is 0.439. The van der Waals surface area contributed by atoms with Gasteiger partial charge in [0.25, 0.3) is 0 Å². The molecule has 2 rings (SSSR count). The molecule has 0 radical (unpaired) electrons. The van der Waals surface area contributed by atoms with Crippen molar-refractivity contribution >= 4 is 10.0 Å². The maximum Gasteiger partial charge on any atom is 0.240 e. The van der Waals surface area contributed by atoms with Gasteiger partial charge in [-0.1, -0.05) is 19.1 Å². The number of sulfonamides is 1. The highest BCUT2D eigenvalue weighted by Crippen LogP contribution is 2.33. The summed E-state index contributed by atoms with van der Waals surface area (Å²) in [5, 5.41) is 9.86. The third-order valence-electron chi connectivity index (χ3n) is 3.39. The molecule has 5 heteroatoms. The third-order valence-corrected chi connectivity index (χ3v) is 4.86. The van der Waals surface area contributed by atoms with Crippen LogP contribution >= 0.6 is 0 Å². The van der Waals surface area contributed by atoms with E-state index in [0.717, 1.165) is 24.8 Å². The van der Waals surface area contributed by atoms with E-state index >= 15 is 0 Å². The maximum atomic E-state index is 11.9. The fourth-order valence-corrected chi connectivity index (χ4v) is 3.15. The van der Waals surface area contributed by atoms with Gasteiger partial charge in [0.05, 0.1) is 11.0 Å². The van der Waals surface area contributed by atoms with E-state index < -0.39 is 10.0 Å². The predicted octanol–water partition coefficient (Wildman–Crippen LogP) is 1.69. The van der Waals surface area contributed by atoms with Crippen LogP contribution in [0.1, 0.15) is 31.7 Å². The molecule has 1 saturated carbocycles. The number of aliphatic hydroxyl groups excluding tert-OH is 1. The fourth-order valence-electron chi connectivity index (χ4n) is 2.01. The highest BCUT2D eigenvalue weighted by Gasteiger charge is 2.29. The standard InChI is InChI=1S/C14H21NO3S/c1-2-9-15-19(17,18)13-7-3-11(4-8-13)10-14(16)12-5-6-12/h3-4,7-8,12,14-16H,2,5-6,9-10H2,1H3. The number of nitrogens with one attached hydrogen (secondary N) is 1. The van der Waals surface area contributed by atoms with Gasteiger partial charge in [0.2, 0.25) is 10.0 Å². The van der Waals surface area contributed by atoms with Crippen molar-refractivity contribution in [3.05, 3.63) is 29.8 Å². The molecule has 0 bridgehead atoms. The van der Waals surface area contributed by atoms with E-state index in [2.05, 4.69) is 4.72 Å². The van der Waals surface area contributed by atoms with Crippen LogP contribution < -0.4 is 4.72 Å². The zero-order valence-corrected chi connectivity index (χ0v) is 12.0. The Morgan fingerprint density at radius 2 is 1.95 bits per heavy atom. The van der Waals surface area contributed by atoms with Crippen molar-refractivity contribution in [2.75, 3.05) is 6.54 Å². The SMILES string of the molecule is CCCNS(=O)(=O)c1ccc(CC(O)C2CC2)cc1. The molecule has 1 fully saturated rings. The van der Waals surface area contributed by atoms with Gasteiger partial charge in [0.1, 0.15) is 0 Å². The summed E-state index contributed by atoms with van der Waals surface area (Å²) >= 11 is 0. The molecule has 0 aliphatic heterocycles. The Hall–Kier alpha value is -0.910. The van der Waals surface area contributed by atoms with Crippen LogP contribution in [0.3, 0.4) is 0 Å². The topological polar surface area (TPSA) is 66.4 Å². The van der Waals surface area contributed by atoms with E-state index in [9.17, 15) is 13.5 Å². The highest BCUT2D eigenvalue weighted by molar-refractivity contribution is 7.89. The van der Waals surface area contributed by atoms with Crippen molar-refractivity contribution in [1.82, 2.24) is 4.72 Å². The molecule has 0 amide bonds. The second-order valence-electron chi connectivity index (χ2n) is 5.15.